The minimum Gasteiger partial charge on any atom is -0.337 e. The lowest BCUT2D eigenvalue weighted by molar-refractivity contribution is 0.230. The zero-order valence-electron chi connectivity index (χ0n) is 12.7. The fourth-order valence-electron chi connectivity index (χ4n) is 2.71. The van der Waals surface area contributed by atoms with Crippen molar-refractivity contribution in [2.45, 2.75) is 44.7 Å². The smallest absolute Gasteiger partial charge is 0.315 e. The van der Waals surface area contributed by atoms with E-state index in [4.69, 9.17) is 4.52 Å². The van der Waals surface area contributed by atoms with Crippen LogP contribution in [0.4, 0.5) is 4.79 Å². The van der Waals surface area contributed by atoms with Gasteiger partial charge in [-0.3, -0.25) is 0 Å². The number of carbonyl (C=O) groups excluding carboxylic acids is 1. The van der Waals surface area contributed by atoms with E-state index in [1.165, 1.54) is 19.3 Å². The number of hydrogen-bond acceptors (Lipinski definition) is 4. The summed E-state index contributed by atoms with van der Waals surface area (Å²) < 4.78 is 6.13. The van der Waals surface area contributed by atoms with Crippen molar-refractivity contribution in [2.75, 3.05) is 0 Å². The molecule has 1 heterocycles. The molecule has 2 amide bonds. The fraction of sp³-hybridized carbons (Fsp3) is 0.438. The van der Waals surface area contributed by atoms with Crippen LogP contribution in [0.25, 0.3) is 11.4 Å². The Morgan fingerprint density at radius 2 is 2.13 bits per heavy atom. The number of aromatic nitrogens is 2. The summed E-state index contributed by atoms with van der Waals surface area (Å²) in [6.45, 7) is 0.222. The molecule has 1 saturated carbocycles. The highest BCUT2D eigenvalue weighted by atomic mass is 79.9. The first-order valence-corrected chi connectivity index (χ1v) is 8.63. The Bertz CT molecular complexity index is 668. The van der Waals surface area contributed by atoms with E-state index >= 15 is 0 Å². The van der Waals surface area contributed by atoms with Crippen LogP contribution in [0.3, 0.4) is 0 Å². The van der Waals surface area contributed by atoms with Crippen molar-refractivity contribution in [2.24, 2.45) is 0 Å². The summed E-state index contributed by atoms with van der Waals surface area (Å²) in [4.78, 5) is 16.2. The molecule has 0 radical (unpaired) electrons. The molecule has 0 saturated heterocycles. The fourth-order valence-corrected chi connectivity index (χ4v) is 3.11. The largest absolute Gasteiger partial charge is 0.337 e. The van der Waals surface area contributed by atoms with Gasteiger partial charge in [-0.1, -0.05) is 52.5 Å². The molecule has 2 aromatic rings. The van der Waals surface area contributed by atoms with Gasteiger partial charge in [0.25, 0.3) is 0 Å². The van der Waals surface area contributed by atoms with Crippen LogP contribution < -0.4 is 10.6 Å². The first-order valence-electron chi connectivity index (χ1n) is 7.83. The van der Waals surface area contributed by atoms with Crippen molar-refractivity contribution in [1.82, 2.24) is 20.8 Å². The van der Waals surface area contributed by atoms with E-state index < -0.39 is 0 Å². The second kappa shape index (κ2) is 7.59. The SMILES string of the molecule is O=C(NCc1nc(-c2cccc(Br)c2)no1)NC1CCCCC1. The summed E-state index contributed by atoms with van der Waals surface area (Å²) in [5, 5.41) is 9.70. The summed E-state index contributed by atoms with van der Waals surface area (Å²) in [6, 6.07) is 7.76. The standard InChI is InChI=1S/C16H19BrN4O2/c17-12-6-4-5-11(9-12)15-20-14(23-21-15)10-18-16(22)19-13-7-2-1-3-8-13/h4-6,9,13H,1-3,7-8,10H2,(H2,18,19,22). The molecular formula is C16H19BrN4O2. The van der Waals surface area contributed by atoms with E-state index in [1.54, 1.807) is 0 Å². The van der Waals surface area contributed by atoms with E-state index in [9.17, 15) is 4.79 Å². The van der Waals surface area contributed by atoms with Gasteiger partial charge in [0, 0.05) is 16.1 Å². The Hall–Kier alpha value is -1.89. The minimum absolute atomic E-state index is 0.181. The Labute approximate surface area is 143 Å². The Morgan fingerprint density at radius 3 is 2.91 bits per heavy atom. The van der Waals surface area contributed by atoms with E-state index in [0.29, 0.717) is 11.7 Å². The molecule has 0 bridgehead atoms. The molecule has 1 fully saturated rings. The van der Waals surface area contributed by atoms with Gasteiger partial charge in [-0.15, -0.1) is 0 Å². The molecule has 2 N–H and O–H groups in total. The maximum absolute atomic E-state index is 11.9. The third kappa shape index (κ3) is 4.54. The van der Waals surface area contributed by atoms with Crippen LogP contribution in [-0.2, 0) is 6.54 Å². The van der Waals surface area contributed by atoms with Gasteiger partial charge in [0.05, 0.1) is 6.54 Å². The van der Waals surface area contributed by atoms with E-state index in [1.807, 2.05) is 24.3 Å². The zero-order valence-corrected chi connectivity index (χ0v) is 14.3. The second-order valence-electron chi connectivity index (χ2n) is 5.68. The summed E-state index contributed by atoms with van der Waals surface area (Å²) in [5.41, 5.74) is 0.862. The van der Waals surface area contributed by atoms with Gasteiger partial charge in [0.1, 0.15) is 0 Å². The first kappa shape index (κ1) is 16.0. The Kier molecular flexibility index (Phi) is 5.27. The second-order valence-corrected chi connectivity index (χ2v) is 6.60. The number of benzene rings is 1. The number of nitrogens with one attached hydrogen (secondary N) is 2. The maximum Gasteiger partial charge on any atom is 0.315 e. The van der Waals surface area contributed by atoms with Crippen LogP contribution in [0, 0.1) is 0 Å². The molecule has 23 heavy (non-hydrogen) atoms. The molecule has 1 aliphatic carbocycles. The Balaban J connectivity index is 1.52. The number of nitrogens with zero attached hydrogens (tertiary/aromatic N) is 2. The van der Waals surface area contributed by atoms with E-state index in [-0.39, 0.29) is 18.6 Å². The van der Waals surface area contributed by atoms with Crippen LogP contribution in [0.15, 0.2) is 33.3 Å². The molecule has 122 valence electrons. The number of urea groups is 1. The third-order valence-corrected chi connectivity index (χ3v) is 4.38. The molecule has 0 spiro atoms. The van der Waals surface area contributed by atoms with Crippen LogP contribution in [0.2, 0.25) is 0 Å². The highest BCUT2D eigenvalue weighted by Gasteiger charge is 2.16. The number of rotatable bonds is 4. The topological polar surface area (TPSA) is 80.1 Å². The van der Waals surface area contributed by atoms with Crippen molar-refractivity contribution in [3.8, 4) is 11.4 Å². The molecule has 1 aromatic carbocycles. The Morgan fingerprint density at radius 1 is 1.30 bits per heavy atom. The quantitative estimate of drug-likeness (QED) is 0.850. The lowest BCUT2D eigenvalue weighted by Crippen LogP contribution is -2.42. The van der Waals surface area contributed by atoms with Gasteiger partial charge in [0.15, 0.2) is 0 Å². The van der Waals surface area contributed by atoms with Crippen LogP contribution in [0.1, 0.15) is 38.0 Å². The summed E-state index contributed by atoms with van der Waals surface area (Å²) in [7, 11) is 0. The van der Waals surface area contributed by atoms with Gasteiger partial charge in [-0.2, -0.15) is 4.98 Å². The summed E-state index contributed by atoms with van der Waals surface area (Å²) >= 11 is 3.41. The average Bonchev–Trinajstić information content (AvgIpc) is 3.03. The van der Waals surface area contributed by atoms with Crippen LogP contribution in [-0.4, -0.2) is 22.2 Å². The van der Waals surface area contributed by atoms with Crippen LogP contribution >= 0.6 is 15.9 Å². The van der Waals surface area contributed by atoms with Gasteiger partial charge in [-0.05, 0) is 25.0 Å². The van der Waals surface area contributed by atoms with Crippen molar-refractivity contribution < 1.29 is 9.32 Å². The van der Waals surface area contributed by atoms with Gasteiger partial charge >= 0.3 is 6.03 Å². The van der Waals surface area contributed by atoms with Crippen molar-refractivity contribution in [3.63, 3.8) is 0 Å². The predicted molar refractivity (Wildman–Crippen MR) is 89.7 cm³/mol. The average molecular weight is 379 g/mol. The van der Waals surface area contributed by atoms with Gasteiger partial charge in [0.2, 0.25) is 11.7 Å². The first-order chi connectivity index (χ1) is 11.2. The highest BCUT2D eigenvalue weighted by molar-refractivity contribution is 9.10. The molecule has 0 atom stereocenters. The summed E-state index contributed by atoms with van der Waals surface area (Å²) in [6.07, 6.45) is 5.75. The monoisotopic (exact) mass is 378 g/mol. The van der Waals surface area contributed by atoms with Crippen LogP contribution in [0.5, 0.6) is 0 Å². The van der Waals surface area contributed by atoms with Crippen molar-refractivity contribution in [3.05, 3.63) is 34.6 Å². The number of halogens is 1. The van der Waals surface area contributed by atoms with Crippen molar-refractivity contribution >= 4 is 22.0 Å². The van der Waals surface area contributed by atoms with E-state index in [2.05, 4.69) is 36.7 Å². The number of carbonyl (C=O) groups is 1. The molecule has 3 rings (SSSR count). The molecule has 0 aliphatic heterocycles. The number of hydrogen-bond donors (Lipinski definition) is 2. The lowest BCUT2D eigenvalue weighted by Gasteiger charge is -2.22. The molecule has 0 unspecified atom stereocenters. The molecule has 6 nitrogen and oxygen atoms in total. The minimum atomic E-state index is -0.181. The highest BCUT2D eigenvalue weighted by Crippen LogP contribution is 2.20. The van der Waals surface area contributed by atoms with E-state index in [0.717, 1.165) is 22.9 Å². The predicted octanol–water partition coefficient (Wildman–Crippen LogP) is 3.63. The third-order valence-electron chi connectivity index (χ3n) is 3.89. The number of amides is 2. The molecule has 7 heteroatoms. The molecule has 1 aromatic heterocycles. The normalized spacial score (nSPS) is 15.3. The summed E-state index contributed by atoms with van der Waals surface area (Å²) in [5.74, 6) is 0.898. The van der Waals surface area contributed by atoms with Gasteiger partial charge < -0.3 is 15.2 Å². The van der Waals surface area contributed by atoms with Crippen molar-refractivity contribution in [1.29, 1.82) is 0 Å². The zero-order chi connectivity index (χ0) is 16.1. The maximum atomic E-state index is 11.9. The molecule has 1 aliphatic rings. The van der Waals surface area contributed by atoms with Gasteiger partial charge in [-0.25, -0.2) is 4.79 Å². The molecular weight excluding hydrogens is 360 g/mol. The lowest BCUT2D eigenvalue weighted by atomic mass is 9.96.